The van der Waals surface area contributed by atoms with E-state index in [4.69, 9.17) is 0 Å². The molecule has 0 radical (unpaired) electrons. The molecule has 1 unspecified atom stereocenters. The van der Waals surface area contributed by atoms with Gasteiger partial charge in [0.05, 0.1) is 0 Å². The average molecular weight is 296 g/mol. The van der Waals surface area contributed by atoms with Crippen LogP contribution in [0.25, 0.3) is 0 Å². The molecule has 20 heavy (non-hydrogen) atoms. The summed E-state index contributed by atoms with van der Waals surface area (Å²) in [5.41, 5.74) is 4.35. The van der Waals surface area contributed by atoms with Crippen molar-refractivity contribution in [3.05, 3.63) is 29.3 Å². The number of para-hydroxylation sites is 1. The molecule has 1 fully saturated rings. The van der Waals surface area contributed by atoms with Gasteiger partial charge < -0.3 is 15.1 Å². The molecule has 2 heterocycles. The normalized spacial score (nSPS) is 21.6. The first-order valence-corrected chi connectivity index (χ1v) is 7.44. The molecule has 1 N–H and O–H groups in total. The Kier molecular flexibility index (Phi) is 5.30. The van der Waals surface area contributed by atoms with E-state index in [1.54, 1.807) is 0 Å². The largest absolute Gasteiger partial charge is 0.384 e. The van der Waals surface area contributed by atoms with Crippen molar-refractivity contribution in [1.29, 1.82) is 0 Å². The second-order valence-electron chi connectivity index (χ2n) is 6.24. The van der Waals surface area contributed by atoms with Crippen molar-refractivity contribution in [3.8, 4) is 0 Å². The van der Waals surface area contributed by atoms with Crippen LogP contribution in [0.2, 0.25) is 0 Å². The number of nitrogens with zero attached hydrogens (tertiary/aromatic N) is 2. The highest BCUT2D eigenvalue weighted by atomic mass is 35.5. The summed E-state index contributed by atoms with van der Waals surface area (Å²) in [7, 11) is 4.49. The summed E-state index contributed by atoms with van der Waals surface area (Å²) >= 11 is 0. The number of likely N-dealkylation sites (tertiary alicyclic amines) is 1. The van der Waals surface area contributed by atoms with Crippen molar-refractivity contribution in [2.45, 2.75) is 19.4 Å². The summed E-state index contributed by atoms with van der Waals surface area (Å²) in [6.07, 6.45) is 2.53. The molecule has 0 amide bonds. The minimum atomic E-state index is 0. The Morgan fingerprint density at radius 1 is 1.40 bits per heavy atom. The standard InChI is InChI=1S/C16H25N3.ClH/c1-18-9-7-13(10-18)11-19(2)12-15-5-3-4-14-6-8-17-16(14)15;/h3-5,13,17H,6-12H2,1-2H3;1H. The van der Waals surface area contributed by atoms with Gasteiger partial charge in [-0.2, -0.15) is 0 Å². The first-order valence-electron chi connectivity index (χ1n) is 7.44. The van der Waals surface area contributed by atoms with Crippen LogP contribution in [0.4, 0.5) is 5.69 Å². The second kappa shape index (κ2) is 6.79. The van der Waals surface area contributed by atoms with Gasteiger partial charge in [0.25, 0.3) is 0 Å². The van der Waals surface area contributed by atoms with Gasteiger partial charge in [0.1, 0.15) is 0 Å². The van der Waals surface area contributed by atoms with Gasteiger partial charge in [-0.15, -0.1) is 12.4 Å². The average Bonchev–Trinajstić information content (AvgIpc) is 2.98. The molecule has 4 heteroatoms. The summed E-state index contributed by atoms with van der Waals surface area (Å²) in [5.74, 6) is 0.847. The maximum Gasteiger partial charge on any atom is 0.0419 e. The van der Waals surface area contributed by atoms with Gasteiger partial charge >= 0.3 is 0 Å². The highest BCUT2D eigenvalue weighted by Crippen LogP contribution is 2.27. The fourth-order valence-electron chi connectivity index (χ4n) is 3.51. The number of nitrogens with one attached hydrogen (secondary N) is 1. The number of halogens is 1. The van der Waals surface area contributed by atoms with Crippen molar-refractivity contribution in [1.82, 2.24) is 9.80 Å². The van der Waals surface area contributed by atoms with Gasteiger partial charge in [0.15, 0.2) is 0 Å². The fraction of sp³-hybridized carbons (Fsp3) is 0.625. The van der Waals surface area contributed by atoms with E-state index < -0.39 is 0 Å². The van der Waals surface area contributed by atoms with Crippen molar-refractivity contribution in [2.24, 2.45) is 5.92 Å². The highest BCUT2D eigenvalue weighted by Gasteiger charge is 2.21. The van der Waals surface area contributed by atoms with E-state index in [9.17, 15) is 0 Å². The molecular formula is C16H26ClN3. The quantitative estimate of drug-likeness (QED) is 0.920. The van der Waals surface area contributed by atoms with Crippen LogP contribution in [-0.2, 0) is 13.0 Å². The van der Waals surface area contributed by atoms with Crippen LogP contribution in [-0.4, -0.2) is 50.1 Å². The summed E-state index contributed by atoms with van der Waals surface area (Å²) in [4.78, 5) is 4.93. The Hall–Kier alpha value is -0.770. The van der Waals surface area contributed by atoms with E-state index >= 15 is 0 Å². The van der Waals surface area contributed by atoms with Crippen LogP contribution < -0.4 is 5.32 Å². The Labute approximate surface area is 128 Å². The van der Waals surface area contributed by atoms with Gasteiger partial charge in [0, 0.05) is 31.9 Å². The summed E-state index contributed by atoms with van der Waals surface area (Å²) in [6.45, 7) is 5.91. The van der Waals surface area contributed by atoms with Crippen LogP contribution in [0.3, 0.4) is 0 Å². The Morgan fingerprint density at radius 3 is 3.00 bits per heavy atom. The van der Waals surface area contributed by atoms with Crippen LogP contribution in [0.5, 0.6) is 0 Å². The minimum absolute atomic E-state index is 0. The van der Waals surface area contributed by atoms with E-state index in [0.717, 1.165) is 19.0 Å². The third-order valence-electron chi connectivity index (χ3n) is 4.43. The van der Waals surface area contributed by atoms with Gasteiger partial charge in [-0.25, -0.2) is 0 Å². The SMILES string of the molecule is CN1CCC(CN(C)Cc2cccc3c2NCC3)C1.Cl. The summed E-state index contributed by atoms with van der Waals surface area (Å²) in [6, 6.07) is 6.73. The van der Waals surface area contributed by atoms with E-state index in [0.29, 0.717) is 0 Å². The van der Waals surface area contributed by atoms with E-state index in [2.05, 4.69) is 47.4 Å². The lowest BCUT2D eigenvalue weighted by Gasteiger charge is -2.22. The molecule has 2 aliphatic rings. The fourth-order valence-corrected chi connectivity index (χ4v) is 3.51. The monoisotopic (exact) mass is 295 g/mol. The molecule has 0 aromatic heterocycles. The molecule has 0 spiro atoms. The zero-order chi connectivity index (χ0) is 13.2. The van der Waals surface area contributed by atoms with Crippen molar-refractivity contribution < 1.29 is 0 Å². The first kappa shape index (κ1) is 15.6. The number of benzene rings is 1. The maximum absolute atomic E-state index is 3.54. The van der Waals surface area contributed by atoms with Crippen molar-refractivity contribution in [2.75, 3.05) is 45.6 Å². The Bertz CT molecular complexity index is 449. The second-order valence-corrected chi connectivity index (χ2v) is 6.24. The molecular weight excluding hydrogens is 270 g/mol. The third kappa shape index (κ3) is 3.46. The minimum Gasteiger partial charge on any atom is -0.384 e. The molecule has 0 bridgehead atoms. The van der Waals surface area contributed by atoms with Crippen molar-refractivity contribution in [3.63, 3.8) is 0 Å². The predicted octanol–water partition coefficient (Wildman–Crippen LogP) is 2.46. The molecule has 0 aliphatic carbocycles. The zero-order valence-electron chi connectivity index (χ0n) is 12.6. The number of anilines is 1. The Balaban J connectivity index is 0.00000147. The third-order valence-corrected chi connectivity index (χ3v) is 4.43. The van der Waals surface area contributed by atoms with Crippen LogP contribution in [0.15, 0.2) is 18.2 Å². The topological polar surface area (TPSA) is 18.5 Å². The van der Waals surface area contributed by atoms with E-state index in [1.807, 2.05) is 0 Å². The lowest BCUT2D eigenvalue weighted by atomic mass is 10.1. The van der Waals surface area contributed by atoms with Gasteiger partial charge in [-0.3, -0.25) is 0 Å². The van der Waals surface area contributed by atoms with Gasteiger partial charge in [-0.05, 0) is 50.5 Å². The Morgan fingerprint density at radius 2 is 2.25 bits per heavy atom. The lowest BCUT2D eigenvalue weighted by Crippen LogP contribution is -2.27. The number of hydrogen-bond donors (Lipinski definition) is 1. The molecule has 2 aliphatic heterocycles. The number of fused-ring (bicyclic) bond motifs is 1. The molecule has 112 valence electrons. The molecule has 3 rings (SSSR count). The predicted molar refractivity (Wildman–Crippen MR) is 87.8 cm³/mol. The van der Waals surface area contributed by atoms with Gasteiger partial charge in [0.2, 0.25) is 0 Å². The molecule has 1 aromatic carbocycles. The summed E-state index contributed by atoms with van der Waals surface area (Å²) in [5, 5.41) is 3.54. The molecule has 3 nitrogen and oxygen atoms in total. The first-order chi connectivity index (χ1) is 9.22. The zero-order valence-corrected chi connectivity index (χ0v) is 13.4. The smallest absolute Gasteiger partial charge is 0.0419 e. The molecule has 1 saturated heterocycles. The van der Waals surface area contributed by atoms with Crippen molar-refractivity contribution >= 4 is 18.1 Å². The maximum atomic E-state index is 3.54. The highest BCUT2D eigenvalue weighted by molar-refractivity contribution is 5.85. The van der Waals surface area contributed by atoms with Crippen LogP contribution >= 0.6 is 12.4 Å². The van der Waals surface area contributed by atoms with Crippen LogP contribution in [0, 0.1) is 5.92 Å². The molecule has 1 aromatic rings. The summed E-state index contributed by atoms with van der Waals surface area (Å²) < 4.78 is 0. The van der Waals surface area contributed by atoms with Crippen LogP contribution in [0.1, 0.15) is 17.5 Å². The molecule has 1 atom stereocenters. The number of hydrogen-bond acceptors (Lipinski definition) is 3. The number of rotatable bonds is 4. The van der Waals surface area contributed by atoms with Gasteiger partial charge in [-0.1, -0.05) is 18.2 Å². The molecule has 0 saturated carbocycles. The lowest BCUT2D eigenvalue weighted by molar-refractivity contribution is 0.267. The van der Waals surface area contributed by atoms with E-state index in [1.165, 1.54) is 49.3 Å². The van der Waals surface area contributed by atoms with E-state index in [-0.39, 0.29) is 12.4 Å².